The maximum absolute atomic E-state index is 12.2. The van der Waals surface area contributed by atoms with E-state index in [-0.39, 0.29) is 17.9 Å². The highest BCUT2D eigenvalue weighted by atomic mass is 79.9. The average Bonchev–Trinajstić information content (AvgIpc) is 2.68. The Morgan fingerprint density at radius 2 is 1.59 bits per heavy atom. The van der Waals surface area contributed by atoms with Gasteiger partial charge in [-0.2, -0.15) is 0 Å². The van der Waals surface area contributed by atoms with Gasteiger partial charge in [0.1, 0.15) is 17.2 Å². The van der Waals surface area contributed by atoms with Crippen LogP contribution in [0.3, 0.4) is 0 Å². The number of hydrogen-bond acceptors (Lipinski definition) is 3. The number of nitrogens with one attached hydrogen (secondary N) is 1. The summed E-state index contributed by atoms with van der Waals surface area (Å²) in [6.07, 6.45) is 0. The highest BCUT2D eigenvalue weighted by Crippen LogP contribution is 2.31. The van der Waals surface area contributed by atoms with Crippen molar-refractivity contribution in [3.05, 3.63) is 82.8 Å². The van der Waals surface area contributed by atoms with Crippen LogP contribution in [0, 0.1) is 0 Å². The number of amides is 1. The Hall–Kier alpha value is -2.79. The molecule has 1 amide bonds. The zero-order chi connectivity index (χ0) is 20.9. The van der Waals surface area contributed by atoms with Crippen molar-refractivity contribution in [2.24, 2.45) is 0 Å². The molecule has 4 nitrogen and oxygen atoms in total. The smallest absolute Gasteiger partial charge is 0.262 e. The molecule has 3 aromatic rings. The lowest BCUT2D eigenvalue weighted by atomic mass is 9.87. The minimum atomic E-state index is -0.228. The number of carbonyl (C=O) groups excluding carboxylic acids is 1. The van der Waals surface area contributed by atoms with E-state index in [0.29, 0.717) is 17.2 Å². The number of ether oxygens (including phenoxy) is 2. The fraction of sp³-hybridized carbons (Fsp3) is 0.208. The van der Waals surface area contributed by atoms with Crippen LogP contribution >= 0.6 is 15.9 Å². The molecule has 3 aromatic carbocycles. The summed E-state index contributed by atoms with van der Waals surface area (Å²) in [6, 6.07) is 22.7. The van der Waals surface area contributed by atoms with Crippen molar-refractivity contribution in [2.45, 2.75) is 26.2 Å². The van der Waals surface area contributed by atoms with Gasteiger partial charge in [0.15, 0.2) is 6.61 Å². The Balaban J connectivity index is 1.53. The maximum Gasteiger partial charge on any atom is 0.262 e. The lowest BCUT2D eigenvalue weighted by Crippen LogP contribution is -2.20. The Kier molecular flexibility index (Phi) is 6.60. The zero-order valence-electron chi connectivity index (χ0n) is 16.7. The summed E-state index contributed by atoms with van der Waals surface area (Å²) in [6.45, 7) is 6.38. The number of hydrogen-bond donors (Lipinski definition) is 1. The van der Waals surface area contributed by atoms with Crippen LogP contribution in [-0.4, -0.2) is 12.5 Å². The fourth-order valence-corrected chi connectivity index (χ4v) is 3.15. The van der Waals surface area contributed by atoms with E-state index in [4.69, 9.17) is 9.47 Å². The van der Waals surface area contributed by atoms with Crippen molar-refractivity contribution in [1.29, 1.82) is 0 Å². The number of para-hydroxylation sites is 1. The van der Waals surface area contributed by atoms with E-state index in [9.17, 15) is 4.79 Å². The van der Waals surface area contributed by atoms with E-state index in [2.05, 4.69) is 42.0 Å². The Morgan fingerprint density at radius 1 is 0.931 bits per heavy atom. The van der Waals surface area contributed by atoms with Crippen LogP contribution in [0.25, 0.3) is 0 Å². The molecular weight excluding hydrogens is 430 g/mol. The van der Waals surface area contributed by atoms with Gasteiger partial charge in [-0.3, -0.25) is 4.79 Å². The van der Waals surface area contributed by atoms with Crippen LogP contribution in [0.1, 0.15) is 26.3 Å². The molecule has 0 aliphatic rings. The van der Waals surface area contributed by atoms with Gasteiger partial charge in [-0.25, -0.2) is 0 Å². The molecule has 0 aliphatic carbocycles. The summed E-state index contributed by atoms with van der Waals surface area (Å²) in [5.74, 6) is 1.88. The van der Waals surface area contributed by atoms with Gasteiger partial charge in [-0.1, -0.05) is 45.0 Å². The third-order valence-corrected chi connectivity index (χ3v) is 4.89. The van der Waals surface area contributed by atoms with Crippen molar-refractivity contribution in [3.8, 4) is 17.2 Å². The first-order valence-electron chi connectivity index (χ1n) is 9.37. The van der Waals surface area contributed by atoms with E-state index in [1.165, 1.54) is 5.56 Å². The minimum absolute atomic E-state index is 0.0504. The van der Waals surface area contributed by atoms with Gasteiger partial charge >= 0.3 is 0 Å². The van der Waals surface area contributed by atoms with E-state index in [0.717, 1.165) is 10.2 Å². The second-order valence-corrected chi connectivity index (χ2v) is 8.53. The molecule has 29 heavy (non-hydrogen) atoms. The molecule has 0 saturated heterocycles. The van der Waals surface area contributed by atoms with E-state index >= 15 is 0 Å². The standard InChI is InChI=1S/C24H24BrNO3/c1-24(2,3)17-9-14-22(21(25)15-17)28-16-23(27)26-18-10-12-20(13-11-18)29-19-7-5-4-6-8-19/h4-15H,16H2,1-3H3,(H,26,27). The van der Waals surface area contributed by atoms with Gasteiger partial charge in [0.05, 0.1) is 4.47 Å². The highest BCUT2D eigenvalue weighted by molar-refractivity contribution is 9.10. The van der Waals surface area contributed by atoms with E-state index in [1.807, 2.05) is 60.7 Å². The molecule has 150 valence electrons. The SMILES string of the molecule is CC(C)(C)c1ccc(OCC(=O)Nc2ccc(Oc3ccccc3)cc2)c(Br)c1. The van der Waals surface area contributed by atoms with Gasteiger partial charge in [0.2, 0.25) is 0 Å². The second kappa shape index (κ2) is 9.14. The third-order valence-electron chi connectivity index (χ3n) is 4.27. The fourth-order valence-electron chi connectivity index (χ4n) is 2.66. The first kappa shape index (κ1) is 20.9. The molecule has 0 radical (unpaired) electrons. The normalized spacial score (nSPS) is 11.0. The molecule has 0 atom stereocenters. The summed E-state index contributed by atoms with van der Waals surface area (Å²) in [5.41, 5.74) is 1.93. The van der Waals surface area contributed by atoms with Gasteiger partial charge in [-0.15, -0.1) is 0 Å². The molecule has 0 spiro atoms. The zero-order valence-corrected chi connectivity index (χ0v) is 18.3. The molecule has 0 bridgehead atoms. The number of rotatable bonds is 6. The Labute approximate surface area is 180 Å². The van der Waals surface area contributed by atoms with Crippen LogP contribution in [0.5, 0.6) is 17.2 Å². The number of carbonyl (C=O) groups is 1. The number of benzene rings is 3. The van der Waals surface area contributed by atoms with Crippen molar-refractivity contribution in [3.63, 3.8) is 0 Å². The highest BCUT2D eigenvalue weighted by Gasteiger charge is 2.15. The van der Waals surface area contributed by atoms with Crippen molar-refractivity contribution >= 4 is 27.5 Å². The lowest BCUT2D eigenvalue weighted by molar-refractivity contribution is -0.118. The van der Waals surface area contributed by atoms with Crippen LogP contribution in [0.15, 0.2) is 77.3 Å². The molecule has 0 aromatic heterocycles. The summed E-state index contributed by atoms with van der Waals surface area (Å²) < 4.78 is 12.2. The van der Waals surface area contributed by atoms with Gasteiger partial charge in [-0.05, 0) is 75.4 Å². The monoisotopic (exact) mass is 453 g/mol. The van der Waals surface area contributed by atoms with Crippen molar-refractivity contribution < 1.29 is 14.3 Å². The summed E-state index contributed by atoms with van der Waals surface area (Å²) in [7, 11) is 0. The quantitative estimate of drug-likeness (QED) is 0.459. The number of halogens is 1. The lowest BCUT2D eigenvalue weighted by Gasteiger charge is -2.20. The van der Waals surface area contributed by atoms with Crippen LogP contribution in [0.2, 0.25) is 0 Å². The van der Waals surface area contributed by atoms with Gasteiger partial charge in [0.25, 0.3) is 5.91 Å². The number of anilines is 1. The molecule has 0 aliphatic heterocycles. The topological polar surface area (TPSA) is 47.6 Å². The largest absolute Gasteiger partial charge is 0.483 e. The molecule has 0 heterocycles. The summed E-state index contributed by atoms with van der Waals surface area (Å²) >= 11 is 3.52. The summed E-state index contributed by atoms with van der Waals surface area (Å²) in [4.78, 5) is 12.2. The molecule has 1 N–H and O–H groups in total. The summed E-state index contributed by atoms with van der Waals surface area (Å²) in [5, 5.41) is 2.82. The molecular formula is C24H24BrNO3. The van der Waals surface area contributed by atoms with Crippen molar-refractivity contribution in [2.75, 3.05) is 11.9 Å². The molecule has 5 heteroatoms. The molecule has 0 saturated carbocycles. The Bertz CT molecular complexity index is 964. The van der Waals surface area contributed by atoms with Crippen LogP contribution in [0.4, 0.5) is 5.69 Å². The van der Waals surface area contributed by atoms with Gasteiger partial charge < -0.3 is 14.8 Å². The first-order valence-corrected chi connectivity index (χ1v) is 10.2. The molecule has 3 rings (SSSR count). The average molecular weight is 454 g/mol. The molecule has 0 fully saturated rings. The predicted molar refractivity (Wildman–Crippen MR) is 120 cm³/mol. The van der Waals surface area contributed by atoms with Crippen LogP contribution < -0.4 is 14.8 Å². The maximum atomic E-state index is 12.2. The minimum Gasteiger partial charge on any atom is -0.483 e. The third kappa shape index (κ3) is 6.09. The van der Waals surface area contributed by atoms with E-state index < -0.39 is 0 Å². The van der Waals surface area contributed by atoms with Gasteiger partial charge in [0, 0.05) is 5.69 Å². The van der Waals surface area contributed by atoms with E-state index in [1.54, 1.807) is 12.1 Å². The van der Waals surface area contributed by atoms with Crippen LogP contribution in [-0.2, 0) is 10.2 Å². The molecule has 0 unspecified atom stereocenters. The van der Waals surface area contributed by atoms with Crippen molar-refractivity contribution in [1.82, 2.24) is 0 Å². The second-order valence-electron chi connectivity index (χ2n) is 7.67. The predicted octanol–water partition coefficient (Wildman–Crippen LogP) is 6.56. The Morgan fingerprint density at radius 3 is 2.21 bits per heavy atom. The first-order chi connectivity index (χ1) is 13.8.